The van der Waals surface area contributed by atoms with Crippen LogP contribution in [0.5, 0.6) is 0 Å². The Kier molecular flexibility index (Phi) is 13.7. The summed E-state index contributed by atoms with van der Waals surface area (Å²) in [6, 6.07) is 0. The molecule has 0 spiro atoms. The van der Waals surface area contributed by atoms with Crippen LogP contribution in [0.1, 0.15) is 90.9 Å². The Morgan fingerprint density at radius 1 is 0.625 bits per heavy atom. The van der Waals surface area contributed by atoms with Crippen molar-refractivity contribution >= 4 is 12.6 Å². The molecule has 0 radical (unpaired) electrons. The van der Waals surface area contributed by atoms with E-state index in [-0.39, 0.29) is 0 Å². The number of rotatable bonds is 12. The Morgan fingerprint density at radius 3 is 1.62 bits per heavy atom. The van der Waals surface area contributed by atoms with E-state index in [9.17, 15) is 0 Å². The minimum Gasteiger partial charge on any atom is -0.176 e. The molecule has 1 unspecified atom stereocenters. The van der Waals surface area contributed by atoms with Gasteiger partial charge in [0.1, 0.15) is 0 Å². The van der Waals surface area contributed by atoms with Gasteiger partial charge in [-0.15, -0.1) is 0 Å². The minimum absolute atomic E-state index is 0.662. The highest BCUT2D eigenvalue weighted by atomic mass is 32.1. The summed E-state index contributed by atoms with van der Waals surface area (Å²) < 4.78 is 0. The number of hydrogen-bond donors (Lipinski definition) is 1. The molecule has 0 amide bonds. The highest BCUT2D eigenvalue weighted by molar-refractivity contribution is 7.80. The van der Waals surface area contributed by atoms with Crippen molar-refractivity contribution in [3.63, 3.8) is 0 Å². The quantitative estimate of drug-likeness (QED) is 0.315. The molecule has 0 aliphatic rings. The Hall–Kier alpha value is 0.350. The Balaban J connectivity index is 2.98. The van der Waals surface area contributed by atoms with Crippen LogP contribution in [0.3, 0.4) is 0 Å². The minimum atomic E-state index is 0.662. The van der Waals surface area contributed by atoms with E-state index in [1.807, 2.05) is 0 Å². The zero-order chi connectivity index (χ0) is 12.1. The largest absolute Gasteiger partial charge is 0.176 e. The molecule has 0 fully saturated rings. The van der Waals surface area contributed by atoms with Crippen LogP contribution in [0.15, 0.2) is 0 Å². The van der Waals surface area contributed by atoms with E-state index in [4.69, 9.17) is 0 Å². The summed E-state index contributed by atoms with van der Waals surface area (Å²) >= 11 is 4.59. The van der Waals surface area contributed by atoms with E-state index in [1.165, 1.54) is 77.0 Å². The molecule has 0 aromatic rings. The van der Waals surface area contributed by atoms with Crippen molar-refractivity contribution in [2.24, 2.45) is 0 Å². The summed E-state index contributed by atoms with van der Waals surface area (Å²) in [6.45, 7) is 4.53. The maximum atomic E-state index is 4.59. The van der Waals surface area contributed by atoms with Gasteiger partial charge >= 0.3 is 0 Å². The molecular weight excluding hydrogens is 212 g/mol. The summed E-state index contributed by atoms with van der Waals surface area (Å²) in [4.78, 5) is 0. The maximum Gasteiger partial charge on any atom is 0.00167 e. The summed E-state index contributed by atoms with van der Waals surface area (Å²) in [5, 5.41) is 0.662. The molecule has 0 N–H and O–H groups in total. The summed E-state index contributed by atoms with van der Waals surface area (Å²) in [5.74, 6) is 0. The lowest BCUT2D eigenvalue weighted by atomic mass is 10.0. The van der Waals surface area contributed by atoms with Crippen molar-refractivity contribution in [1.82, 2.24) is 0 Å². The van der Waals surface area contributed by atoms with Gasteiger partial charge in [-0.2, -0.15) is 12.6 Å². The zero-order valence-corrected chi connectivity index (χ0v) is 12.4. The van der Waals surface area contributed by atoms with E-state index in [0.29, 0.717) is 5.25 Å². The molecule has 0 aliphatic heterocycles. The van der Waals surface area contributed by atoms with Crippen LogP contribution in [0.2, 0.25) is 0 Å². The third-order valence-corrected chi connectivity index (χ3v) is 3.78. The summed E-state index contributed by atoms with van der Waals surface area (Å²) in [5.41, 5.74) is 0. The van der Waals surface area contributed by atoms with Gasteiger partial charge in [0.2, 0.25) is 0 Å². The summed E-state index contributed by atoms with van der Waals surface area (Å²) in [6.07, 6.45) is 16.8. The zero-order valence-electron chi connectivity index (χ0n) is 11.5. The van der Waals surface area contributed by atoms with E-state index < -0.39 is 0 Å². The van der Waals surface area contributed by atoms with Gasteiger partial charge in [0.25, 0.3) is 0 Å². The molecule has 0 aromatic carbocycles. The lowest BCUT2D eigenvalue weighted by Gasteiger charge is -2.08. The fourth-order valence-electron chi connectivity index (χ4n) is 2.17. The topological polar surface area (TPSA) is 0 Å². The van der Waals surface area contributed by atoms with Crippen molar-refractivity contribution in [2.45, 2.75) is 96.1 Å². The number of thiol groups is 1. The Morgan fingerprint density at radius 2 is 1.12 bits per heavy atom. The van der Waals surface area contributed by atoms with Crippen molar-refractivity contribution in [3.8, 4) is 0 Å². The van der Waals surface area contributed by atoms with Gasteiger partial charge < -0.3 is 0 Å². The number of unbranched alkanes of at least 4 members (excludes halogenated alkanes) is 8. The monoisotopic (exact) mass is 244 g/mol. The molecule has 0 aromatic heterocycles. The third kappa shape index (κ3) is 12.4. The van der Waals surface area contributed by atoms with Crippen molar-refractivity contribution < 1.29 is 0 Å². The molecule has 0 bridgehead atoms. The second kappa shape index (κ2) is 13.4. The van der Waals surface area contributed by atoms with E-state index in [2.05, 4.69) is 26.5 Å². The molecule has 0 heterocycles. The predicted octanol–water partition coefficient (Wildman–Crippen LogP) is 6.01. The van der Waals surface area contributed by atoms with Gasteiger partial charge in [0.15, 0.2) is 0 Å². The molecule has 0 rings (SSSR count). The molecule has 16 heavy (non-hydrogen) atoms. The van der Waals surface area contributed by atoms with Gasteiger partial charge in [0.05, 0.1) is 0 Å². The highest BCUT2D eigenvalue weighted by Crippen LogP contribution is 2.15. The molecule has 0 saturated carbocycles. The van der Waals surface area contributed by atoms with Gasteiger partial charge in [0, 0.05) is 5.25 Å². The SMILES string of the molecule is CCCCCCCCCCCC(S)CCC. The van der Waals surface area contributed by atoms with Crippen LogP contribution in [0, 0.1) is 0 Å². The third-order valence-electron chi connectivity index (χ3n) is 3.26. The van der Waals surface area contributed by atoms with Crippen LogP contribution in [-0.2, 0) is 0 Å². The van der Waals surface area contributed by atoms with Gasteiger partial charge in [-0.3, -0.25) is 0 Å². The first kappa shape index (κ1) is 16.4. The highest BCUT2D eigenvalue weighted by Gasteiger charge is 2.00. The van der Waals surface area contributed by atoms with Crippen molar-refractivity contribution in [2.75, 3.05) is 0 Å². The average Bonchev–Trinajstić information content (AvgIpc) is 2.27. The Bertz CT molecular complexity index is 123. The smallest absolute Gasteiger partial charge is 0.00167 e. The van der Waals surface area contributed by atoms with Gasteiger partial charge in [-0.25, -0.2) is 0 Å². The maximum absolute atomic E-state index is 4.59. The fourth-order valence-corrected chi connectivity index (χ4v) is 2.61. The molecule has 0 nitrogen and oxygen atoms in total. The first-order valence-electron chi connectivity index (χ1n) is 7.49. The predicted molar refractivity (Wildman–Crippen MR) is 79.5 cm³/mol. The normalized spacial score (nSPS) is 12.9. The molecule has 1 atom stereocenters. The molecular formula is C15H32S. The van der Waals surface area contributed by atoms with Crippen molar-refractivity contribution in [1.29, 1.82) is 0 Å². The average molecular weight is 244 g/mol. The van der Waals surface area contributed by atoms with E-state index in [1.54, 1.807) is 0 Å². The standard InChI is InChI=1S/C15H32S/c1-3-5-6-7-8-9-10-11-12-14-15(16)13-4-2/h15-16H,3-14H2,1-2H3. The van der Waals surface area contributed by atoms with Crippen LogP contribution in [-0.4, -0.2) is 5.25 Å². The first-order valence-corrected chi connectivity index (χ1v) is 8.01. The molecule has 0 aliphatic carbocycles. The van der Waals surface area contributed by atoms with Crippen LogP contribution >= 0.6 is 12.6 Å². The second-order valence-corrected chi connectivity index (χ2v) is 5.79. The Labute approximate surface area is 109 Å². The van der Waals surface area contributed by atoms with Crippen LogP contribution in [0.25, 0.3) is 0 Å². The van der Waals surface area contributed by atoms with E-state index >= 15 is 0 Å². The molecule has 98 valence electrons. The number of hydrogen-bond acceptors (Lipinski definition) is 1. The van der Waals surface area contributed by atoms with Crippen molar-refractivity contribution in [3.05, 3.63) is 0 Å². The first-order chi connectivity index (χ1) is 7.81. The second-order valence-electron chi connectivity index (χ2n) is 5.06. The van der Waals surface area contributed by atoms with Gasteiger partial charge in [-0.1, -0.05) is 78.1 Å². The lowest BCUT2D eigenvalue weighted by molar-refractivity contribution is 0.547. The summed E-state index contributed by atoms with van der Waals surface area (Å²) in [7, 11) is 0. The lowest BCUT2D eigenvalue weighted by Crippen LogP contribution is -1.97. The van der Waals surface area contributed by atoms with Gasteiger partial charge in [-0.05, 0) is 12.8 Å². The molecule has 0 saturated heterocycles. The van der Waals surface area contributed by atoms with Crippen LogP contribution < -0.4 is 0 Å². The molecule has 1 heteroatoms. The van der Waals surface area contributed by atoms with Crippen LogP contribution in [0.4, 0.5) is 0 Å². The fraction of sp³-hybridized carbons (Fsp3) is 1.00. The van der Waals surface area contributed by atoms with E-state index in [0.717, 1.165) is 0 Å².